The Hall–Kier alpha value is -2.38. The fraction of sp³-hybridized carbons (Fsp3) is 0.235. The summed E-state index contributed by atoms with van der Waals surface area (Å²) in [5.74, 6) is 0.386. The molecule has 0 spiro atoms. The number of nitrogens with two attached hydrogens (primary N) is 2. The number of sulfone groups is 1. The van der Waals surface area contributed by atoms with Gasteiger partial charge in [-0.15, -0.1) is 0 Å². The smallest absolute Gasteiger partial charge is 0.197 e. The molecule has 1 aliphatic rings. The molecule has 1 unspecified atom stereocenters. The Morgan fingerprint density at radius 2 is 1.92 bits per heavy atom. The van der Waals surface area contributed by atoms with Crippen LogP contribution in [-0.4, -0.2) is 32.1 Å². The van der Waals surface area contributed by atoms with Crippen LogP contribution in [0.15, 0.2) is 52.4 Å². The van der Waals surface area contributed by atoms with Crippen molar-refractivity contribution in [2.75, 3.05) is 12.8 Å². The molecule has 0 aromatic heterocycles. The molecule has 0 saturated carbocycles. The molecule has 0 fully saturated rings. The van der Waals surface area contributed by atoms with Gasteiger partial charge in [0.1, 0.15) is 6.17 Å². The number of hydrogen-bond acceptors (Lipinski definition) is 6. The van der Waals surface area contributed by atoms with Crippen LogP contribution in [0.5, 0.6) is 0 Å². The van der Waals surface area contributed by atoms with Crippen LogP contribution < -0.4 is 11.5 Å². The number of nitrogens with zero attached hydrogens (tertiary/aromatic N) is 2. The molecule has 2 aromatic carbocycles. The first-order valence-electron chi connectivity index (χ1n) is 7.64. The lowest BCUT2D eigenvalue weighted by Gasteiger charge is -2.31. The van der Waals surface area contributed by atoms with Crippen LogP contribution in [0.4, 0.5) is 5.69 Å². The summed E-state index contributed by atoms with van der Waals surface area (Å²) >= 11 is 0. The first-order chi connectivity index (χ1) is 11.3. The van der Waals surface area contributed by atoms with Crippen LogP contribution in [0.25, 0.3) is 11.1 Å². The molecule has 6 nitrogen and oxygen atoms in total. The molecule has 24 heavy (non-hydrogen) atoms. The monoisotopic (exact) mass is 344 g/mol. The summed E-state index contributed by atoms with van der Waals surface area (Å²) in [5.41, 5.74) is 15.0. The van der Waals surface area contributed by atoms with Gasteiger partial charge in [-0.05, 0) is 17.7 Å². The molecule has 0 amide bonds. The second-order valence-corrected chi connectivity index (χ2v) is 7.95. The molecule has 1 aliphatic heterocycles. The van der Waals surface area contributed by atoms with Crippen molar-refractivity contribution in [2.24, 2.45) is 16.5 Å². The fourth-order valence-corrected chi connectivity index (χ4v) is 3.86. The summed E-state index contributed by atoms with van der Waals surface area (Å²) in [4.78, 5) is 6.38. The Morgan fingerprint density at radius 1 is 1.21 bits per heavy atom. The molecule has 1 heterocycles. The van der Waals surface area contributed by atoms with Crippen molar-refractivity contribution in [1.82, 2.24) is 4.90 Å². The Morgan fingerprint density at radius 3 is 2.62 bits per heavy atom. The largest absolute Gasteiger partial charge is 0.369 e. The summed E-state index contributed by atoms with van der Waals surface area (Å²) in [6.45, 7) is 1.64. The number of fused-ring (bicyclic) bond motifs is 1. The van der Waals surface area contributed by atoms with Gasteiger partial charge in [0.2, 0.25) is 0 Å². The van der Waals surface area contributed by atoms with Gasteiger partial charge in [0.25, 0.3) is 0 Å². The third-order valence-corrected chi connectivity index (χ3v) is 6.06. The number of guanidine groups is 1. The molecule has 0 saturated heterocycles. The van der Waals surface area contributed by atoms with Crippen molar-refractivity contribution in [2.45, 2.75) is 18.0 Å². The minimum atomic E-state index is -3.32. The van der Waals surface area contributed by atoms with E-state index in [9.17, 15) is 8.42 Å². The van der Waals surface area contributed by atoms with E-state index < -0.39 is 9.84 Å². The van der Waals surface area contributed by atoms with E-state index in [0.29, 0.717) is 22.1 Å². The lowest BCUT2D eigenvalue weighted by atomic mass is 10.00. The van der Waals surface area contributed by atoms with Crippen molar-refractivity contribution in [3.63, 3.8) is 0 Å². The summed E-state index contributed by atoms with van der Waals surface area (Å²) in [5, 5.41) is 0. The van der Waals surface area contributed by atoms with Gasteiger partial charge >= 0.3 is 0 Å². The predicted octanol–water partition coefficient (Wildman–Crippen LogP) is 2.00. The second kappa shape index (κ2) is 5.92. The Bertz CT molecular complexity index is 922. The molecule has 0 bridgehead atoms. The van der Waals surface area contributed by atoms with Crippen LogP contribution in [0, 0.1) is 0 Å². The van der Waals surface area contributed by atoms with E-state index >= 15 is 0 Å². The van der Waals surface area contributed by atoms with Gasteiger partial charge in [-0.25, -0.2) is 13.4 Å². The highest BCUT2D eigenvalue weighted by Crippen LogP contribution is 2.36. The van der Waals surface area contributed by atoms with Crippen molar-refractivity contribution in [1.29, 1.82) is 0 Å². The summed E-state index contributed by atoms with van der Waals surface area (Å²) < 4.78 is 24.7. The van der Waals surface area contributed by atoms with Crippen molar-refractivity contribution in [3.8, 4) is 11.1 Å². The van der Waals surface area contributed by atoms with Gasteiger partial charge in [-0.1, -0.05) is 37.3 Å². The van der Waals surface area contributed by atoms with E-state index in [1.165, 1.54) is 0 Å². The maximum Gasteiger partial charge on any atom is 0.197 e. The fourth-order valence-electron chi connectivity index (χ4n) is 2.74. The van der Waals surface area contributed by atoms with E-state index in [4.69, 9.17) is 11.5 Å². The quantitative estimate of drug-likeness (QED) is 0.886. The summed E-state index contributed by atoms with van der Waals surface area (Å²) in [7, 11) is -1.54. The maximum atomic E-state index is 12.4. The molecule has 2 aromatic rings. The average Bonchev–Trinajstić information content (AvgIpc) is 2.59. The molecule has 4 N–H and O–H groups in total. The van der Waals surface area contributed by atoms with Gasteiger partial charge in [0.05, 0.1) is 16.3 Å². The van der Waals surface area contributed by atoms with Crippen molar-refractivity contribution < 1.29 is 8.42 Å². The standard InChI is InChI=1S/C17H20N4O2S/c1-3-24(22,23)15-7-5-4-6-12(15)11-8-9-13-14(10-11)20-17(19)21(2)16(13)18/h4-10,16H,3,18H2,1-2H3,(H2,19,20). The maximum absolute atomic E-state index is 12.4. The van der Waals surface area contributed by atoms with Gasteiger partial charge in [-0.3, -0.25) is 0 Å². The van der Waals surface area contributed by atoms with E-state index in [1.54, 1.807) is 37.1 Å². The molecule has 0 aliphatic carbocycles. The number of aliphatic imine (C=N–C) groups is 1. The third-order valence-electron chi connectivity index (χ3n) is 4.28. The minimum absolute atomic E-state index is 0.0513. The van der Waals surface area contributed by atoms with E-state index in [-0.39, 0.29) is 11.9 Å². The summed E-state index contributed by atoms with van der Waals surface area (Å²) in [6, 6.07) is 12.5. The van der Waals surface area contributed by atoms with Gasteiger partial charge in [0, 0.05) is 18.2 Å². The number of rotatable bonds is 3. The van der Waals surface area contributed by atoms with Crippen molar-refractivity contribution >= 4 is 21.5 Å². The molecule has 0 radical (unpaired) electrons. The molecule has 126 valence electrons. The number of benzene rings is 2. The van der Waals surface area contributed by atoms with E-state index in [2.05, 4.69) is 4.99 Å². The molecular formula is C17H20N4O2S. The Labute approximate surface area is 141 Å². The molecular weight excluding hydrogens is 324 g/mol. The van der Waals surface area contributed by atoms with Crippen LogP contribution in [0.1, 0.15) is 18.7 Å². The van der Waals surface area contributed by atoms with E-state index in [1.807, 2.05) is 24.3 Å². The normalized spacial score (nSPS) is 17.4. The number of hydrogen-bond donors (Lipinski definition) is 2. The Kier molecular flexibility index (Phi) is 4.06. The van der Waals surface area contributed by atoms with Gasteiger partial charge in [-0.2, -0.15) is 0 Å². The lowest BCUT2D eigenvalue weighted by Crippen LogP contribution is -2.42. The predicted molar refractivity (Wildman–Crippen MR) is 95.6 cm³/mol. The molecule has 7 heteroatoms. The van der Waals surface area contributed by atoms with Gasteiger partial charge in [0.15, 0.2) is 15.8 Å². The Balaban J connectivity index is 2.17. The zero-order valence-corrected chi connectivity index (χ0v) is 14.4. The first-order valence-corrected chi connectivity index (χ1v) is 9.29. The summed E-state index contributed by atoms with van der Waals surface area (Å²) in [6.07, 6.45) is -0.374. The molecule has 3 rings (SSSR count). The zero-order valence-electron chi connectivity index (χ0n) is 13.6. The highest BCUT2D eigenvalue weighted by molar-refractivity contribution is 7.91. The highest BCUT2D eigenvalue weighted by atomic mass is 32.2. The zero-order chi connectivity index (χ0) is 17.5. The molecule has 1 atom stereocenters. The van der Waals surface area contributed by atoms with Crippen LogP contribution in [0.2, 0.25) is 0 Å². The van der Waals surface area contributed by atoms with Gasteiger partial charge < -0.3 is 16.4 Å². The van der Waals surface area contributed by atoms with Crippen LogP contribution >= 0.6 is 0 Å². The SMILES string of the molecule is CCS(=O)(=O)c1ccccc1-c1ccc2c(c1)N=C(N)N(C)C2N. The highest BCUT2D eigenvalue weighted by Gasteiger charge is 2.24. The van der Waals surface area contributed by atoms with Crippen LogP contribution in [0.3, 0.4) is 0 Å². The average molecular weight is 344 g/mol. The minimum Gasteiger partial charge on any atom is -0.369 e. The van der Waals surface area contributed by atoms with E-state index in [0.717, 1.165) is 11.1 Å². The van der Waals surface area contributed by atoms with Crippen molar-refractivity contribution in [3.05, 3.63) is 48.0 Å². The second-order valence-electron chi connectivity index (χ2n) is 5.70. The first kappa shape index (κ1) is 16.5. The topological polar surface area (TPSA) is 102 Å². The van der Waals surface area contributed by atoms with Crippen LogP contribution in [-0.2, 0) is 9.84 Å². The third kappa shape index (κ3) is 2.65. The lowest BCUT2D eigenvalue weighted by molar-refractivity contribution is 0.375.